The van der Waals surface area contributed by atoms with E-state index in [4.69, 9.17) is 11.6 Å². The number of aromatic nitrogens is 1. The molecule has 1 saturated heterocycles. The van der Waals surface area contributed by atoms with Gasteiger partial charge in [0, 0.05) is 19.1 Å². The van der Waals surface area contributed by atoms with Crippen molar-refractivity contribution in [3.63, 3.8) is 0 Å². The number of nitrogens with one attached hydrogen (secondary N) is 1. The van der Waals surface area contributed by atoms with E-state index in [1.807, 2.05) is 4.90 Å². The molecular weight excluding hydrogens is 250 g/mol. The van der Waals surface area contributed by atoms with Crippen molar-refractivity contribution in [3.8, 4) is 0 Å². The molecule has 0 aliphatic carbocycles. The predicted molar refractivity (Wildman–Crippen MR) is 73.1 cm³/mol. The Morgan fingerprint density at radius 3 is 2.78 bits per heavy atom. The summed E-state index contributed by atoms with van der Waals surface area (Å²) in [6.07, 6.45) is 2.05. The smallest absolute Gasteiger partial charge is 0.274 e. The number of anilines is 1. The van der Waals surface area contributed by atoms with E-state index < -0.39 is 0 Å². The Bertz CT molecular complexity index is 473. The summed E-state index contributed by atoms with van der Waals surface area (Å²) in [5.41, 5.74) is 0.219. The monoisotopic (exact) mass is 267 g/mol. The van der Waals surface area contributed by atoms with Crippen molar-refractivity contribution in [2.45, 2.75) is 32.2 Å². The Morgan fingerprint density at radius 1 is 1.50 bits per heavy atom. The van der Waals surface area contributed by atoms with Gasteiger partial charge in [0.15, 0.2) is 0 Å². The Hall–Kier alpha value is -1.29. The summed E-state index contributed by atoms with van der Waals surface area (Å²) in [6.45, 7) is 4.93. The average Bonchev–Trinajstić information content (AvgIpc) is 2.69. The van der Waals surface area contributed by atoms with E-state index in [0.29, 0.717) is 16.5 Å². The first kappa shape index (κ1) is 13.1. The van der Waals surface area contributed by atoms with Crippen LogP contribution < -0.4 is 5.32 Å². The Kier molecular flexibility index (Phi) is 3.48. The molecule has 1 N–H and O–H groups in total. The van der Waals surface area contributed by atoms with Crippen LogP contribution in [0.25, 0.3) is 0 Å². The van der Waals surface area contributed by atoms with Gasteiger partial charge < -0.3 is 10.2 Å². The highest BCUT2D eigenvalue weighted by atomic mass is 35.5. The molecule has 2 rings (SSSR count). The Morgan fingerprint density at radius 2 is 2.22 bits per heavy atom. The Balaban J connectivity index is 2.34. The van der Waals surface area contributed by atoms with E-state index in [9.17, 15) is 4.79 Å². The minimum atomic E-state index is -0.113. The summed E-state index contributed by atoms with van der Waals surface area (Å²) in [6, 6.07) is 3.46. The van der Waals surface area contributed by atoms with Crippen molar-refractivity contribution in [1.29, 1.82) is 0 Å². The van der Waals surface area contributed by atoms with Crippen molar-refractivity contribution >= 4 is 23.3 Å². The molecule has 0 radical (unpaired) electrons. The molecule has 1 aromatic heterocycles. The fraction of sp³-hybridized carbons (Fsp3) is 0.538. The molecular formula is C13H18ClN3O. The van der Waals surface area contributed by atoms with Gasteiger partial charge in [0.1, 0.15) is 11.5 Å². The molecule has 18 heavy (non-hydrogen) atoms. The molecule has 5 heteroatoms. The highest BCUT2D eigenvalue weighted by molar-refractivity contribution is 6.33. The van der Waals surface area contributed by atoms with Crippen LogP contribution in [-0.4, -0.2) is 34.9 Å². The number of rotatable bonds is 2. The second-order valence-corrected chi connectivity index (χ2v) is 5.56. The zero-order valence-corrected chi connectivity index (χ0v) is 11.7. The standard InChI is InChI=1S/C13H18ClN3O/c1-13(2)7-4-8-17(13)12(18)11-9(14)5-6-10(15-3)16-11/h5-6H,4,7-8H2,1-3H3,(H,15,16). The lowest BCUT2D eigenvalue weighted by Gasteiger charge is -2.31. The summed E-state index contributed by atoms with van der Waals surface area (Å²) >= 11 is 6.08. The van der Waals surface area contributed by atoms with Gasteiger partial charge in [-0.25, -0.2) is 4.98 Å². The summed E-state index contributed by atoms with van der Waals surface area (Å²) in [5.74, 6) is 0.569. The maximum Gasteiger partial charge on any atom is 0.274 e. The van der Waals surface area contributed by atoms with E-state index >= 15 is 0 Å². The van der Waals surface area contributed by atoms with Crippen LogP contribution in [0, 0.1) is 0 Å². The third-order valence-electron chi connectivity index (χ3n) is 3.45. The second kappa shape index (κ2) is 4.76. The van der Waals surface area contributed by atoms with Crippen LogP contribution in [0.5, 0.6) is 0 Å². The first-order valence-corrected chi connectivity index (χ1v) is 6.50. The van der Waals surface area contributed by atoms with Crippen LogP contribution in [0.1, 0.15) is 37.2 Å². The molecule has 0 spiro atoms. The Labute approximate surface area is 112 Å². The number of carbonyl (C=O) groups excluding carboxylic acids is 1. The molecule has 0 unspecified atom stereocenters. The first-order chi connectivity index (χ1) is 8.45. The van der Waals surface area contributed by atoms with Crippen molar-refractivity contribution in [3.05, 3.63) is 22.8 Å². The van der Waals surface area contributed by atoms with Crippen LogP contribution in [-0.2, 0) is 0 Å². The molecule has 0 aromatic carbocycles. The number of amides is 1. The van der Waals surface area contributed by atoms with Crippen LogP contribution in [0.3, 0.4) is 0 Å². The molecule has 4 nitrogen and oxygen atoms in total. The predicted octanol–water partition coefficient (Wildman–Crippen LogP) is 2.79. The van der Waals surface area contributed by atoms with Crippen LogP contribution in [0.15, 0.2) is 12.1 Å². The van der Waals surface area contributed by atoms with Gasteiger partial charge in [0.05, 0.1) is 5.02 Å². The molecule has 0 atom stereocenters. The maximum absolute atomic E-state index is 12.5. The molecule has 0 bridgehead atoms. The van der Waals surface area contributed by atoms with Crippen LogP contribution in [0.4, 0.5) is 5.82 Å². The minimum absolute atomic E-state index is 0.0837. The summed E-state index contributed by atoms with van der Waals surface area (Å²) in [4.78, 5) is 18.6. The largest absolute Gasteiger partial charge is 0.373 e. The van der Waals surface area contributed by atoms with Crippen molar-refractivity contribution in [2.75, 3.05) is 18.9 Å². The molecule has 2 heterocycles. The second-order valence-electron chi connectivity index (χ2n) is 5.15. The zero-order valence-electron chi connectivity index (χ0n) is 11.0. The fourth-order valence-corrected chi connectivity index (χ4v) is 2.53. The molecule has 1 fully saturated rings. The topological polar surface area (TPSA) is 45.2 Å². The molecule has 1 aliphatic rings. The molecule has 0 saturated carbocycles. The average molecular weight is 268 g/mol. The van der Waals surface area contributed by atoms with E-state index in [1.54, 1.807) is 19.2 Å². The van der Waals surface area contributed by atoms with Crippen molar-refractivity contribution < 1.29 is 4.79 Å². The third kappa shape index (κ3) is 2.29. The summed E-state index contributed by atoms with van der Waals surface area (Å²) in [7, 11) is 1.77. The van der Waals surface area contributed by atoms with E-state index in [0.717, 1.165) is 19.4 Å². The van der Waals surface area contributed by atoms with Gasteiger partial charge in [-0.1, -0.05) is 11.6 Å². The molecule has 1 amide bonds. The maximum atomic E-state index is 12.5. The number of carbonyl (C=O) groups is 1. The van der Waals surface area contributed by atoms with E-state index in [-0.39, 0.29) is 11.4 Å². The number of likely N-dealkylation sites (tertiary alicyclic amines) is 1. The van der Waals surface area contributed by atoms with Gasteiger partial charge in [0.2, 0.25) is 0 Å². The van der Waals surface area contributed by atoms with Gasteiger partial charge in [-0.2, -0.15) is 0 Å². The SMILES string of the molecule is CNc1ccc(Cl)c(C(=O)N2CCCC2(C)C)n1. The number of hydrogen-bond donors (Lipinski definition) is 1. The first-order valence-electron chi connectivity index (χ1n) is 6.12. The molecule has 1 aliphatic heterocycles. The lowest BCUT2D eigenvalue weighted by Crippen LogP contribution is -2.43. The van der Waals surface area contributed by atoms with Gasteiger partial charge in [-0.15, -0.1) is 0 Å². The quantitative estimate of drug-likeness (QED) is 0.896. The highest BCUT2D eigenvalue weighted by Gasteiger charge is 2.37. The third-order valence-corrected chi connectivity index (χ3v) is 3.76. The number of pyridine rings is 1. The molecule has 1 aromatic rings. The lowest BCUT2D eigenvalue weighted by atomic mass is 10.0. The zero-order chi connectivity index (χ0) is 13.3. The highest BCUT2D eigenvalue weighted by Crippen LogP contribution is 2.31. The summed E-state index contributed by atoms with van der Waals surface area (Å²) < 4.78 is 0. The van der Waals surface area contributed by atoms with Crippen molar-refractivity contribution in [2.24, 2.45) is 0 Å². The normalized spacial score (nSPS) is 17.9. The van der Waals surface area contributed by atoms with E-state index in [2.05, 4.69) is 24.1 Å². The van der Waals surface area contributed by atoms with Crippen LogP contribution in [0.2, 0.25) is 5.02 Å². The fourth-order valence-electron chi connectivity index (χ4n) is 2.34. The number of halogens is 1. The number of nitrogens with zero attached hydrogens (tertiary/aromatic N) is 2. The lowest BCUT2D eigenvalue weighted by molar-refractivity contribution is 0.0646. The van der Waals surface area contributed by atoms with Gasteiger partial charge in [0.25, 0.3) is 5.91 Å². The van der Waals surface area contributed by atoms with E-state index in [1.165, 1.54) is 0 Å². The molecule has 98 valence electrons. The number of hydrogen-bond acceptors (Lipinski definition) is 3. The minimum Gasteiger partial charge on any atom is -0.373 e. The van der Waals surface area contributed by atoms with Gasteiger partial charge in [-0.05, 0) is 38.8 Å². The van der Waals surface area contributed by atoms with Crippen molar-refractivity contribution in [1.82, 2.24) is 9.88 Å². The van der Waals surface area contributed by atoms with Crippen LogP contribution >= 0.6 is 11.6 Å². The van der Waals surface area contributed by atoms with Gasteiger partial charge in [-0.3, -0.25) is 4.79 Å². The van der Waals surface area contributed by atoms with Gasteiger partial charge >= 0.3 is 0 Å². The summed E-state index contributed by atoms with van der Waals surface area (Å²) in [5, 5.41) is 3.32.